The average molecular weight is 272 g/mol. The Morgan fingerprint density at radius 1 is 1.25 bits per heavy atom. The number of hydrogen-bond donors (Lipinski definition) is 2. The smallest absolute Gasteiger partial charge is 0.0372 e. The summed E-state index contributed by atoms with van der Waals surface area (Å²) < 4.78 is 0. The van der Waals surface area contributed by atoms with Crippen LogP contribution in [0.4, 0.5) is 5.69 Å². The predicted molar refractivity (Wildman–Crippen MR) is 86.2 cm³/mol. The SMILES string of the molecule is CCC1(CNCC2CNc3ccccc3C2)CCCC1. The Labute approximate surface area is 123 Å². The summed E-state index contributed by atoms with van der Waals surface area (Å²) in [5.74, 6) is 0.736. The molecule has 0 saturated heterocycles. The minimum Gasteiger partial charge on any atom is -0.384 e. The molecule has 1 atom stereocenters. The second kappa shape index (κ2) is 6.17. The maximum Gasteiger partial charge on any atom is 0.0372 e. The van der Waals surface area contributed by atoms with Crippen LogP contribution in [0.5, 0.6) is 0 Å². The molecule has 1 saturated carbocycles. The van der Waals surface area contributed by atoms with E-state index in [9.17, 15) is 0 Å². The van der Waals surface area contributed by atoms with E-state index in [1.54, 1.807) is 0 Å². The summed E-state index contributed by atoms with van der Waals surface area (Å²) >= 11 is 0. The fourth-order valence-corrected chi connectivity index (χ4v) is 3.97. The van der Waals surface area contributed by atoms with Crippen LogP contribution in [-0.2, 0) is 6.42 Å². The van der Waals surface area contributed by atoms with Gasteiger partial charge in [0.2, 0.25) is 0 Å². The van der Waals surface area contributed by atoms with Gasteiger partial charge < -0.3 is 10.6 Å². The van der Waals surface area contributed by atoms with Crippen molar-refractivity contribution in [3.63, 3.8) is 0 Å². The molecule has 1 aromatic carbocycles. The maximum absolute atomic E-state index is 3.78. The number of anilines is 1. The molecule has 0 radical (unpaired) electrons. The molecule has 0 aromatic heterocycles. The van der Waals surface area contributed by atoms with E-state index in [-0.39, 0.29) is 0 Å². The van der Waals surface area contributed by atoms with Crippen molar-refractivity contribution in [1.82, 2.24) is 5.32 Å². The monoisotopic (exact) mass is 272 g/mol. The van der Waals surface area contributed by atoms with Gasteiger partial charge in [-0.2, -0.15) is 0 Å². The molecule has 0 spiro atoms. The normalized spacial score (nSPS) is 24.1. The zero-order chi connectivity index (χ0) is 13.8. The van der Waals surface area contributed by atoms with Crippen molar-refractivity contribution in [3.05, 3.63) is 29.8 Å². The van der Waals surface area contributed by atoms with Crippen molar-refractivity contribution < 1.29 is 0 Å². The highest BCUT2D eigenvalue weighted by molar-refractivity contribution is 5.53. The Kier molecular flexibility index (Phi) is 4.30. The van der Waals surface area contributed by atoms with Crippen molar-refractivity contribution in [2.75, 3.05) is 25.0 Å². The fourth-order valence-electron chi connectivity index (χ4n) is 3.97. The molecule has 1 aliphatic heterocycles. The van der Waals surface area contributed by atoms with Gasteiger partial charge in [-0.15, -0.1) is 0 Å². The quantitative estimate of drug-likeness (QED) is 0.851. The van der Waals surface area contributed by atoms with Crippen molar-refractivity contribution in [3.8, 4) is 0 Å². The van der Waals surface area contributed by atoms with E-state index >= 15 is 0 Å². The van der Waals surface area contributed by atoms with E-state index in [4.69, 9.17) is 0 Å². The van der Waals surface area contributed by atoms with Crippen LogP contribution in [0.2, 0.25) is 0 Å². The van der Waals surface area contributed by atoms with Gasteiger partial charge in [-0.05, 0) is 55.2 Å². The number of benzene rings is 1. The molecule has 3 rings (SSSR count). The van der Waals surface area contributed by atoms with Gasteiger partial charge in [0.15, 0.2) is 0 Å². The largest absolute Gasteiger partial charge is 0.384 e. The highest BCUT2D eigenvalue weighted by Crippen LogP contribution is 2.40. The van der Waals surface area contributed by atoms with Crippen LogP contribution < -0.4 is 10.6 Å². The van der Waals surface area contributed by atoms with Gasteiger partial charge >= 0.3 is 0 Å². The molecule has 1 fully saturated rings. The standard InChI is InChI=1S/C18H28N2/c1-2-18(9-5-6-10-18)14-19-12-15-11-16-7-3-4-8-17(16)20-13-15/h3-4,7-8,15,19-20H,2,5-6,9-14H2,1H3. The molecule has 2 nitrogen and oxygen atoms in total. The fraction of sp³-hybridized carbons (Fsp3) is 0.667. The lowest BCUT2D eigenvalue weighted by atomic mass is 9.83. The first kappa shape index (κ1) is 13.9. The second-order valence-corrected chi connectivity index (χ2v) is 6.80. The Hall–Kier alpha value is -1.02. The Bertz CT molecular complexity index is 435. The summed E-state index contributed by atoms with van der Waals surface area (Å²) in [5.41, 5.74) is 3.43. The zero-order valence-corrected chi connectivity index (χ0v) is 12.8. The Balaban J connectivity index is 1.48. The van der Waals surface area contributed by atoms with Crippen LogP contribution in [0, 0.1) is 11.3 Å². The molecular formula is C18H28N2. The second-order valence-electron chi connectivity index (χ2n) is 6.80. The van der Waals surface area contributed by atoms with Crippen molar-refractivity contribution in [1.29, 1.82) is 0 Å². The Morgan fingerprint density at radius 3 is 2.85 bits per heavy atom. The minimum atomic E-state index is 0.611. The summed E-state index contributed by atoms with van der Waals surface area (Å²) in [6, 6.07) is 8.74. The molecule has 110 valence electrons. The molecule has 1 unspecified atom stereocenters. The minimum absolute atomic E-state index is 0.611. The number of nitrogens with one attached hydrogen (secondary N) is 2. The molecule has 1 aliphatic carbocycles. The number of para-hydroxylation sites is 1. The molecule has 1 heterocycles. The van der Waals surface area contributed by atoms with Gasteiger partial charge in [0.05, 0.1) is 0 Å². The van der Waals surface area contributed by atoms with E-state index in [1.807, 2.05) is 0 Å². The molecule has 20 heavy (non-hydrogen) atoms. The van der Waals surface area contributed by atoms with Crippen LogP contribution in [-0.4, -0.2) is 19.6 Å². The van der Waals surface area contributed by atoms with Gasteiger partial charge in [-0.1, -0.05) is 38.0 Å². The van der Waals surface area contributed by atoms with Gasteiger partial charge in [0.25, 0.3) is 0 Å². The topological polar surface area (TPSA) is 24.1 Å². The third-order valence-corrected chi connectivity index (χ3v) is 5.45. The van der Waals surface area contributed by atoms with E-state index in [0.29, 0.717) is 5.41 Å². The van der Waals surface area contributed by atoms with Crippen LogP contribution in [0.25, 0.3) is 0 Å². The van der Waals surface area contributed by atoms with Gasteiger partial charge in [-0.25, -0.2) is 0 Å². The maximum atomic E-state index is 3.78. The molecule has 2 aliphatic rings. The molecule has 2 N–H and O–H groups in total. The van der Waals surface area contributed by atoms with Crippen molar-refractivity contribution in [2.45, 2.75) is 45.4 Å². The van der Waals surface area contributed by atoms with Gasteiger partial charge in [0, 0.05) is 18.8 Å². The highest BCUT2D eigenvalue weighted by atomic mass is 14.9. The molecule has 1 aromatic rings. The third-order valence-electron chi connectivity index (χ3n) is 5.45. The van der Waals surface area contributed by atoms with E-state index in [2.05, 4.69) is 41.8 Å². The summed E-state index contributed by atoms with van der Waals surface area (Å²) in [7, 11) is 0. The van der Waals surface area contributed by atoms with Gasteiger partial charge in [0.1, 0.15) is 0 Å². The summed E-state index contributed by atoms with van der Waals surface area (Å²) in [4.78, 5) is 0. The van der Waals surface area contributed by atoms with Crippen LogP contribution in [0.3, 0.4) is 0 Å². The third kappa shape index (κ3) is 3.01. The summed E-state index contributed by atoms with van der Waals surface area (Å²) in [6.07, 6.45) is 8.30. The van der Waals surface area contributed by atoms with Crippen LogP contribution >= 0.6 is 0 Å². The first-order valence-corrected chi connectivity index (χ1v) is 8.34. The van der Waals surface area contributed by atoms with Crippen LogP contribution in [0.1, 0.15) is 44.6 Å². The van der Waals surface area contributed by atoms with Crippen molar-refractivity contribution >= 4 is 5.69 Å². The Morgan fingerprint density at radius 2 is 2.05 bits per heavy atom. The lowest BCUT2D eigenvalue weighted by Gasteiger charge is -2.31. The van der Waals surface area contributed by atoms with E-state index < -0.39 is 0 Å². The lowest BCUT2D eigenvalue weighted by molar-refractivity contribution is 0.262. The summed E-state index contributed by atoms with van der Waals surface area (Å²) in [5, 5.41) is 7.35. The number of fused-ring (bicyclic) bond motifs is 1. The van der Waals surface area contributed by atoms with Crippen LogP contribution in [0.15, 0.2) is 24.3 Å². The lowest BCUT2D eigenvalue weighted by Crippen LogP contribution is -2.38. The molecule has 0 bridgehead atoms. The summed E-state index contributed by atoms with van der Waals surface area (Å²) in [6.45, 7) is 5.86. The highest BCUT2D eigenvalue weighted by Gasteiger charge is 2.31. The van der Waals surface area contributed by atoms with Crippen molar-refractivity contribution in [2.24, 2.45) is 11.3 Å². The molecule has 2 heteroatoms. The predicted octanol–water partition coefficient (Wildman–Crippen LogP) is 3.83. The van der Waals surface area contributed by atoms with E-state index in [0.717, 1.165) is 19.0 Å². The average Bonchev–Trinajstić information content (AvgIpc) is 2.96. The van der Waals surface area contributed by atoms with Gasteiger partial charge in [-0.3, -0.25) is 0 Å². The first-order chi connectivity index (χ1) is 9.81. The zero-order valence-electron chi connectivity index (χ0n) is 12.8. The first-order valence-electron chi connectivity index (χ1n) is 8.34. The number of rotatable bonds is 5. The molecular weight excluding hydrogens is 244 g/mol. The molecule has 0 amide bonds. The van der Waals surface area contributed by atoms with E-state index in [1.165, 1.54) is 56.3 Å². The number of hydrogen-bond acceptors (Lipinski definition) is 2.